The normalized spacial score (nSPS) is 22.8. The molecule has 0 spiro atoms. The average Bonchev–Trinajstić information content (AvgIpc) is 3.08. The van der Waals surface area contributed by atoms with E-state index >= 15 is 0 Å². The van der Waals surface area contributed by atoms with Gasteiger partial charge in [-0.3, -0.25) is 9.69 Å². The van der Waals surface area contributed by atoms with Gasteiger partial charge in [-0.15, -0.1) is 0 Å². The number of carbonyl (C=O) groups is 1. The predicted molar refractivity (Wildman–Crippen MR) is 98.5 cm³/mol. The van der Waals surface area contributed by atoms with Gasteiger partial charge in [-0.2, -0.15) is 0 Å². The Kier molecular flexibility index (Phi) is 5.66. The molecule has 0 bridgehead atoms. The van der Waals surface area contributed by atoms with Gasteiger partial charge in [-0.25, -0.2) is 8.78 Å². The minimum atomic E-state index is -0.771. The Morgan fingerprint density at radius 3 is 2.38 bits per heavy atom. The lowest BCUT2D eigenvalue weighted by Crippen LogP contribution is -2.39. The molecule has 0 aromatic heterocycles. The quantitative estimate of drug-likeness (QED) is 0.807. The molecule has 26 heavy (non-hydrogen) atoms. The van der Waals surface area contributed by atoms with Crippen LogP contribution in [-0.4, -0.2) is 41.9 Å². The predicted octanol–water partition coefficient (Wildman–Crippen LogP) is 4.07. The van der Waals surface area contributed by atoms with Crippen molar-refractivity contribution in [2.24, 2.45) is 17.3 Å². The molecule has 1 aromatic rings. The highest BCUT2D eigenvalue weighted by Crippen LogP contribution is 2.34. The summed E-state index contributed by atoms with van der Waals surface area (Å²) in [7, 11) is 0. The molecule has 3 rings (SSSR count). The van der Waals surface area contributed by atoms with Crippen molar-refractivity contribution in [1.82, 2.24) is 9.80 Å². The van der Waals surface area contributed by atoms with Crippen LogP contribution < -0.4 is 0 Å². The molecule has 0 saturated carbocycles. The van der Waals surface area contributed by atoms with E-state index in [9.17, 15) is 13.6 Å². The summed E-state index contributed by atoms with van der Waals surface area (Å²) in [6, 6.07) is 4.40. The van der Waals surface area contributed by atoms with Gasteiger partial charge in [0, 0.05) is 30.6 Å². The fraction of sp³-hybridized carbons (Fsp3) is 0.667. The number of piperidine rings is 1. The molecule has 1 amide bonds. The van der Waals surface area contributed by atoms with Crippen LogP contribution in [-0.2, 0) is 11.3 Å². The fourth-order valence-electron chi connectivity index (χ4n) is 4.32. The molecule has 1 aromatic carbocycles. The molecule has 1 atom stereocenters. The zero-order valence-corrected chi connectivity index (χ0v) is 16.1. The van der Waals surface area contributed by atoms with E-state index in [1.807, 2.05) is 25.7 Å². The highest BCUT2D eigenvalue weighted by atomic mass is 19.2. The second-order valence-electron chi connectivity index (χ2n) is 8.88. The van der Waals surface area contributed by atoms with Gasteiger partial charge in [0.15, 0.2) is 11.6 Å². The van der Waals surface area contributed by atoms with Gasteiger partial charge < -0.3 is 4.90 Å². The summed E-state index contributed by atoms with van der Waals surface area (Å²) in [5.41, 5.74) is 0.124. The van der Waals surface area contributed by atoms with Gasteiger partial charge in [0.25, 0.3) is 0 Å². The van der Waals surface area contributed by atoms with E-state index in [4.69, 9.17) is 0 Å². The summed E-state index contributed by atoms with van der Waals surface area (Å²) in [6.45, 7) is 9.96. The zero-order valence-electron chi connectivity index (χ0n) is 16.1. The number of amides is 1. The highest BCUT2D eigenvalue weighted by molar-refractivity contribution is 5.81. The number of likely N-dealkylation sites (tertiary alicyclic amines) is 2. The van der Waals surface area contributed by atoms with E-state index in [0.717, 1.165) is 51.5 Å². The molecule has 2 fully saturated rings. The molecular weight excluding hydrogens is 334 g/mol. The summed E-state index contributed by atoms with van der Waals surface area (Å²) < 4.78 is 27.2. The van der Waals surface area contributed by atoms with Gasteiger partial charge in [0.2, 0.25) is 5.91 Å². The maximum atomic E-state index is 13.9. The first-order chi connectivity index (χ1) is 12.3. The van der Waals surface area contributed by atoms with Gasteiger partial charge in [-0.05, 0) is 50.3 Å². The first-order valence-electron chi connectivity index (χ1n) is 9.70. The maximum Gasteiger partial charge on any atom is 0.227 e. The SMILES string of the molecule is CC(C)(C)C(=O)N1CC[C@H](C2CCN(Cc3cccc(F)c3F)CC2)C1. The Balaban J connectivity index is 1.50. The largest absolute Gasteiger partial charge is 0.342 e. The van der Waals surface area contributed by atoms with Crippen molar-refractivity contribution in [3.8, 4) is 0 Å². The highest BCUT2D eigenvalue weighted by Gasteiger charge is 2.36. The number of hydrogen-bond donors (Lipinski definition) is 0. The lowest BCUT2D eigenvalue weighted by molar-refractivity contribution is -0.138. The van der Waals surface area contributed by atoms with Crippen LogP contribution >= 0.6 is 0 Å². The van der Waals surface area contributed by atoms with E-state index in [2.05, 4.69) is 4.90 Å². The number of benzene rings is 1. The summed E-state index contributed by atoms with van der Waals surface area (Å²) >= 11 is 0. The number of hydrogen-bond acceptors (Lipinski definition) is 2. The van der Waals surface area contributed by atoms with E-state index in [-0.39, 0.29) is 11.3 Å². The van der Waals surface area contributed by atoms with Crippen molar-refractivity contribution in [2.45, 2.75) is 46.6 Å². The second-order valence-corrected chi connectivity index (χ2v) is 8.88. The number of carbonyl (C=O) groups excluding carboxylic acids is 1. The Labute approximate surface area is 155 Å². The monoisotopic (exact) mass is 364 g/mol. The number of halogens is 2. The topological polar surface area (TPSA) is 23.6 Å². The fourth-order valence-corrected chi connectivity index (χ4v) is 4.32. The van der Waals surface area contributed by atoms with Crippen molar-refractivity contribution in [2.75, 3.05) is 26.2 Å². The van der Waals surface area contributed by atoms with Crippen LogP contribution in [0.2, 0.25) is 0 Å². The van der Waals surface area contributed by atoms with Crippen LogP contribution in [0.5, 0.6) is 0 Å². The lowest BCUT2D eigenvalue weighted by Gasteiger charge is -2.35. The molecule has 2 heterocycles. The van der Waals surface area contributed by atoms with Gasteiger partial charge in [-0.1, -0.05) is 32.9 Å². The Hall–Kier alpha value is -1.49. The first kappa shape index (κ1) is 19.3. The Bertz CT molecular complexity index is 648. The molecule has 5 heteroatoms. The van der Waals surface area contributed by atoms with Gasteiger partial charge in [0.1, 0.15) is 0 Å². The molecule has 2 saturated heterocycles. The summed E-state index contributed by atoms with van der Waals surface area (Å²) in [4.78, 5) is 16.7. The van der Waals surface area contributed by atoms with Crippen LogP contribution in [0.3, 0.4) is 0 Å². The van der Waals surface area contributed by atoms with Crippen LogP contribution in [0.25, 0.3) is 0 Å². The van der Waals surface area contributed by atoms with Crippen LogP contribution in [0.15, 0.2) is 18.2 Å². The molecule has 2 aliphatic rings. The summed E-state index contributed by atoms with van der Waals surface area (Å²) in [5.74, 6) is -0.0385. The standard InChI is InChI=1S/C21H30F2N2O/c1-21(2,3)20(26)25-12-9-16(14-25)15-7-10-24(11-8-15)13-17-5-4-6-18(22)19(17)23/h4-6,15-16H,7-14H2,1-3H3/t16-/m0/s1. The van der Waals surface area contributed by atoms with E-state index in [1.54, 1.807) is 12.1 Å². The van der Waals surface area contributed by atoms with Gasteiger partial charge in [0.05, 0.1) is 0 Å². The van der Waals surface area contributed by atoms with E-state index in [1.165, 1.54) is 0 Å². The third-order valence-electron chi connectivity index (χ3n) is 5.88. The van der Waals surface area contributed by atoms with Crippen LogP contribution in [0.1, 0.15) is 45.6 Å². The smallest absolute Gasteiger partial charge is 0.227 e. The molecule has 0 N–H and O–H groups in total. The van der Waals surface area contributed by atoms with Crippen molar-refractivity contribution >= 4 is 5.91 Å². The minimum absolute atomic E-state index is 0.249. The number of rotatable bonds is 3. The van der Waals surface area contributed by atoms with Crippen molar-refractivity contribution < 1.29 is 13.6 Å². The Morgan fingerprint density at radius 2 is 1.73 bits per heavy atom. The van der Waals surface area contributed by atoms with Crippen LogP contribution in [0, 0.1) is 28.9 Å². The zero-order chi connectivity index (χ0) is 18.9. The summed E-state index contributed by atoms with van der Waals surface area (Å²) in [5, 5.41) is 0. The average molecular weight is 364 g/mol. The maximum absolute atomic E-state index is 13.9. The molecule has 0 unspecified atom stereocenters. The molecule has 144 valence electrons. The molecule has 0 radical (unpaired) electrons. The molecular formula is C21H30F2N2O. The number of nitrogens with zero attached hydrogens (tertiary/aromatic N) is 2. The van der Waals surface area contributed by atoms with Crippen LogP contribution in [0.4, 0.5) is 8.78 Å². The summed E-state index contributed by atoms with van der Waals surface area (Å²) in [6.07, 6.45) is 3.23. The third-order valence-corrected chi connectivity index (χ3v) is 5.88. The third kappa shape index (κ3) is 4.25. The molecule has 2 aliphatic heterocycles. The molecule has 3 nitrogen and oxygen atoms in total. The van der Waals surface area contributed by atoms with Crippen molar-refractivity contribution in [1.29, 1.82) is 0 Å². The van der Waals surface area contributed by atoms with E-state index < -0.39 is 11.6 Å². The molecule has 0 aliphatic carbocycles. The van der Waals surface area contributed by atoms with Crippen molar-refractivity contribution in [3.05, 3.63) is 35.4 Å². The van der Waals surface area contributed by atoms with Gasteiger partial charge >= 0.3 is 0 Å². The lowest BCUT2D eigenvalue weighted by atomic mass is 9.83. The minimum Gasteiger partial charge on any atom is -0.342 e. The Morgan fingerprint density at radius 1 is 1.08 bits per heavy atom. The van der Waals surface area contributed by atoms with Crippen molar-refractivity contribution in [3.63, 3.8) is 0 Å². The second kappa shape index (κ2) is 7.63. The van der Waals surface area contributed by atoms with E-state index in [0.29, 0.717) is 23.9 Å². The first-order valence-corrected chi connectivity index (χ1v) is 9.70.